The smallest absolute Gasteiger partial charge is 0.0546 e. The number of hydrogen-bond donors (Lipinski definition) is 1. The van der Waals surface area contributed by atoms with Crippen molar-refractivity contribution in [3.05, 3.63) is 12.2 Å². The highest BCUT2D eigenvalue weighted by Gasteiger charge is 2.59. The Morgan fingerprint density at radius 3 is 2.30 bits per heavy atom. The molecule has 3 saturated carbocycles. The first-order valence-corrected chi connectivity index (χ1v) is 13.6. The highest BCUT2D eigenvalue weighted by atomic mass is 16.3. The van der Waals surface area contributed by atoms with Crippen LogP contribution in [0.2, 0.25) is 0 Å². The number of allylic oxidation sites excluding steroid dienone is 2. The van der Waals surface area contributed by atoms with Crippen molar-refractivity contribution in [2.75, 3.05) is 0 Å². The lowest BCUT2D eigenvalue weighted by Gasteiger charge is -2.59. The summed E-state index contributed by atoms with van der Waals surface area (Å²) in [5.41, 5.74) is 0.997. The lowest BCUT2D eigenvalue weighted by Crippen LogP contribution is -2.52. The van der Waals surface area contributed by atoms with Crippen molar-refractivity contribution in [2.45, 2.75) is 112 Å². The minimum atomic E-state index is -0.0624. The fourth-order valence-electron chi connectivity index (χ4n) is 9.26. The normalized spacial score (nSPS) is 47.5. The molecule has 0 spiro atoms. The van der Waals surface area contributed by atoms with E-state index in [0.717, 1.165) is 54.3 Å². The maximum Gasteiger partial charge on any atom is 0.0546 e. The van der Waals surface area contributed by atoms with Gasteiger partial charge in [0.1, 0.15) is 0 Å². The molecule has 4 aliphatic rings. The second kappa shape index (κ2) is 8.57. The van der Waals surface area contributed by atoms with Gasteiger partial charge in [0.2, 0.25) is 0 Å². The SMILES string of the molecule is CC[C@H](CC[C@H](C)[C@@H]1CC[C@H]2[C@@H]3C=C[C@@H]4C[C@H](O)CC[C@]4(C)[C@H]3CC[C@@]21C)C(C)C. The van der Waals surface area contributed by atoms with Crippen LogP contribution >= 0.6 is 0 Å². The third kappa shape index (κ3) is 3.74. The predicted molar refractivity (Wildman–Crippen MR) is 128 cm³/mol. The molecule has 0 aromatic rings. The zero-order valence-corrected chi connectivity index (χ0v) is 20.9. The van der Waals surface area contributed by atoms with Gasteiger partial charge in [0.05, 0.1) is 6.10 Å². The van der Waals surface area contributed by atoms with Gasteiger partial charge in [-0.3, -0.25) is 0 Å². The summed E-state index contributed by atoms with van der Waals surface area (Å²) in [6.45, 7) is 15.1. The summed E-state index contributed by atoms with van der Waals surface area (Å²) in [6, 6.07) is 0. The van der Waals surface area contributed by atoms with E-state index >= 15 is 0 Å². The molecule has 0 aromatic heterocycles. The quantitative estimate of drug-likeness (QED) is 0.438. The number of rotatable bonds is 6. The van der Waals surface area contributed by atoms with E-state index in [4.69, 9.17) is 0 Å². The van der Waals surface area contributed by atoms with E-state index in [2.05, 4.69) is 53.7 Å². The molecule has 0 aliphatic heterocycles. The molecule has 1 heteroatoms. The summed E-state index contributed by atoms with van der Waals surface area (Å²) in [7, 11) is 0. The van der Waals surface area contributed by atoms with Crippen molar-refractivity contribution in [2.24, 2.45) is 58.2 Å². The zero-order chi connectivity index (χ0) is 21.7. The Morgan fingerprint density at radius 1 is 0.900 bits per heavy atom. The molecular formula is C29H50O. The van der Waals surface area contributed by atoms with Gasteiger partial charge in [-0.1, -0.05) is 66.5 Å². The fourth-order valence-corrected chi connectivity index (χ4v) is 9.26. The highest BCUT2D eigenvalue weighted by molar-refractivity contribution is 5.18. The maximum atomic E-state index is 10.3. The Labute approximate surface area is 187 Å². The fraction of sp³-hybridized carbons (Fsp3) is 0.931. The number of hydrogen-bond acceptors (Lipinski definition) is 1. The number of aliphatic hydroxyl groups excluding tert-OH is 1. The molecule has 4 rings (SSSR count). The van der Waals surface area contributed by atoms with Crippen LogP contribution in [0.1, 0.15) is 106 Å². The molecule has 172 valence electrons. The lowest BCUT2D eigenvalue weighted by molar-refractivity contribution is -0.0814. The summed E-state index contributed by atoms with van der Waals surface area (Å²) in [6.07, 6.45) is 18.4. The molecule has 4 aliphatic carbocycles. The Balaban J connectivity index is 1.48. The van der Waals surface area contributed by atoms with Crippen molar-refractivity contribution >= 4 is 0 Å². The molecule has 0 unspecified atom stereocenters. The van der Waals surface area contributed by atoms with Crippen molar-refractivity contribution in [1.82, 2.24) is 0 Å². The van der Waals surface area contributed by atoms with Gasteiger partial charge < -0.3 is 5.11 Å². The minimum Gasteiger partial charge on any atom is -0.393 e. The van der Waals surface area contributed by atoms with Gasteiger partial charge in [-0.05, 0) is 110 Å². The lowest BCUT2D eigenvalue weighted by atomic mass is 9.46. The van der Waals surface area contributed by atoms with Gasteiger partial charge in [-0.25, -0.2) is 0 Å². The van der Waals surface area contributed by atoms with Crippen LogP contribution in [-0.2, 0) is 0 Å². The average molecular weight is 415 g/mol. The molecule has 0 heterocycles. The monoisotopic (exact) mass is 414 g/mol. The summed E-state index contributed by atoms with van der Waals surface area (Å²) in [5.74, 6) is 6.73. The number of fused-ring (bicyclic) bond motifs is 5. The second-order valence-electron chi connectivity index (χ2n) is 12.9. The van der Waals surface area contributed by atoms with Crippen LogP contribution in [0.3, 0.4) is 0 Å². The van der Waals surface area contributed by atoms with E-state index in [1.165, 1.54) is 51.4 Å². The van der Waals surface area contributed by atoms with Crippen molar-refractivity contribution < 1.29 is 5.11 Å². The Bertz CT molecular complexity index is 622. The van der Waals surface area contributed by atoms with E-state index in [-0.39, 0.29) is 6.10 Å². The highest BCUT2D eigenvalue weighted by Crippen LogP contribution is 2.67. The summed E-state index contributed by atoms with van der Waals surface area (Å²) in [4.78, 5) is 0. The molecule has 0 saturated heterocycles. The Morgan fingerprint density at radius 2 is 1.60 bits per heavy atom. The molecule has 0 bridgehead atoms. The number of aliphatic hydroxyl groups is 1. The molecular weight excluding hydrogens is 364 g/mol. The van der Waals surface area contributed by atoms with Crippen LogP contribution in [0.25, 0.3) is 0 Å². The molecule has 1 nitrogen and oxygen atoms in total. The van der Waals surface area contributed by atoms with Gasteiger partial charge >= 0.3 is 0 Å². The van der Waals surface area contributed by atoms with Gasteiger partial charge in [0.25, 0.3) is 0 Å². The van der Waals surface area contributed by atoms with Crippen molar-refractivity contribution in [1.29, 1.82) is 0 Å². The van der Waals surface area contributed by atoms with E-state index in [0.29, 0.717) is 16.7 Å². The van der Waals surface area contributed by atoms with Crippen molar-refractivity contribution in [3.8, 4) is 0 Å². The van der Waals surface area contributed by atoms with E-state index in [1.807, 2.05) is 0 Å². The van der Waals surface area contributed by atoms with Crippen LogP contribution in [-0.4, -0.2) is 11.2 Å². The largest absolute Gasteiger partial charge is 0.393 e. The predicted octanol–water partition coefficient (Wildman–Crippen LogP) is 7.88. The molecule has 10 atom stereocenters. The van der Waals surface area contributed by atoms with Gasteiger partial charge in [-0.2, -0.15) is 0 Å². The van der Waals surface area contributed by atoms with Crippen LogP contribution in [0.15, 0.2) is 12.2 Å². The van der Waals surface area contributed by atoms with E-state index < -0.39 is 0 Å². The third-order valence-corrected chi connectivity index (χ3v) is 11.4. The molecule has 30 heavy (non-hydrogen) atoms. The van der Waals surface area contributed by atoms with Crippen LogP contribution < -0.4 is 0 Å². The van der Waals surface area contributed by atoms with E-state index in [9.17, 15) is 5.11 Å². The molecule has 1 N–H and O–H groups in total. The first kappa shape index (κ1) is 22.9. The Kier molecular flexibility index (Phi) is 6.53. The first-order valence-electron chi connectivity index (χ1n) is 13.6. The molecule has 0 aromatic carbocycles. The van der Waals surface area contributed by atoms with Gasteiger partial charge in [0.15, 0.2) is 0 Å². The summed E-state index contributed by atoms with van der Waals surface area (Å²) < 4.78 is 0. The Hall–Kier alpha value is -0.300. The van der Waals surface area contributed by atoms with Crippen molar-refractivity contribution in [3.63, 3.8) is 0 Å². The standard InChI is InChI=1S/C29H50O/c1-7-21(19(2)3)9-8-20(4)25-12-13-26-24-11-10-22-18-23(30)14-16-28(22,5)27(24)15-17-29(25,26)6/h10-11,19-27,30H,7-9,12-18H2,1-6H3/t20-,21+,22+,23+,24-,25-,26-,27-,28-,29+/m0/s1. The van der Waals surface area contributed by atoms with Crippen LogP contribution in [0.5, 0.6) is 0 Å². The van der Waals surface area contributed by atoms with Gasteiger partial charge in [0, 0.05) is 0 Å². The summed E-state index contributed by atoms with van der Waals surface area (Å²) >= 11 is 0. The first-order chi connectivity index (χ1) is 14.2. The molecule has 0 amide bonds. The molecule has 3 fully saturated rings. The van der Waals surface area contributed by atoms with Crippen LogP contribution in [0, 0.1) is 58.2 Å². The molecule has 0 radical (unpaired) electrons. The van der Waals surface area contributed by atoms with Crippen LogP contribution in [0.4, 0.5) is 0 Å². The topological polar surface area (TPSA) is 20.2 Å². The zero-order valence-electron chi connectivity index (χ0n) is 20.9. The minimum absolute atomic E-state index is 0.0624. The van der Waals surface area contributed by atoms with Gasteiger partial charge in [-0.15, -0.1) is 0 Å². The third-order valence-electron chi connectivity index (χ3n) is 11.4. The average Bonchev–Trinajstić information content (AvgIpc) is 3.06. The second-order valence-corrected chi connectivity index (χ2v) is 12.9. The summed E-state index contributed by atoms with van der Waals surface area (Å²) in [5, 5.41) is 10.3. The van der Waals surface area contributed by atoms with E-state index in [1.54, 1.807) is 0 Å². The maximum absolute atomic E-state index is 10.3.